The van der Waals surface area contributed by atoms with Gasteiger partial charge in [-0.2, -0.15) is 0 Å². The summed E-state index contributed by atoms with van der Waals surface area (Å²) < 4.78 is 5.18. The summed E-state index contributed by atoms with van der Waals surface area (Å²) in [7, 11) is 0. The van der Waals surface area contributed by atoms with Gasteiger partial charge in [0.15, 0.2) is 5.78 Å². The van der Waals surface area contributed by atoms with E-state index in [2.05, 4.69) is 4.98 Å². The molecule has 0 N–H and O–H groups in total. The van der Waals surface area contributed by atoms with Crippen molar-refractivity contribution in [1.29, 1.82) is 0 Å². The second-order valence-corrected chi connectivity index (χ2v) is 3.59. The van der Waals surface area contributed by atoms with E-state index in [1.807, 2.05) is 19.1 Å². The molecule has 1 aromatic heterocycles. The molecule has 3 heteroatoms. The van der Waals surface area contributed by atoms with Crippen molar-refractivity contribution < 1.29 is 9.53 Å². The quantitative estimate of drug-likeness (QED) is 0.667. The van der Waals surface area contributed by atoms with Gasteiger partial charge in [0.25, 0.3) is 0 Å². The van der Waals surface area contributed by atoms with Crippen molar-refractivity contribution in [1.82, 2.24) is 4.98 Å². The summed E-state index contributed by atoms with van der Waals surface area (Å²) in [6, 6.07) is 5.53. The number of rotatable bonds is 2. The minimum absolute atomic E-state index is 0.0179. The Labute approximate surface area is 83.1 Å². The van der Waals surface area contributed by atoms with Crippen LogP contribution in [0.1, 0.15) is 22.6 Å². The summed E-state index contributed by atoms with van der Waals surface area (Å²) in [5.41, 5.74) is 1.45. The number of ether oxygens (including phenoxy) is 1. The van der Waals surface area contributed by atoms with Crippen molar-refractivity contribution in [3.63, 3.8) is 0 Å². The van der Waals surface area contributed by atoms with Gasteiger partial charge in [0.1, 0.15) is 5.69 Å². The van der Waals surface area contributed by atoms with Crippen molar-refractivity contribution in [3.8, 4) is 0 Å². The molecular weight excluding hydrogens is 178 g/mol. The third-order valence-corrected chi connectivity index (χ3v) is 2.44. The van der Waals surface area contributed by atoms with Gasteiger partial charge in [0, 0.05) is 18.2 Å². The van der Waals surface area contributed by atoms with E-state index in [4.69, 9.17) is 4.74 Å². The van der Waals surface area contributed by atoms with E-state index in [-0.39, 0.29) is 11.7 Å². The molecule has 0 aliphatic carbocycles. The first-order chi connectivity index (χ1) is 6.77. The predicted octanol–water partition coefficient (Wildman–Crippen LogP) is 1.61. The number of Topliss-reactive ketones (excluding diaryl/α,β-unsaturated/α-hetero) is 1. The van der Waals surface area contributed by atoms with Gasteiger partial charge in [-0.1, -0.05) is 6.07 Å². The standard InChI is InChI=1S/C11H13NO2/c1-8-3-2-4-10(12-8)11(13)9-5-6-14-7-9/h2-4,9H,5-7H2,1H3. The molecule has 14 heavy (non-hydrogen) atoms. The van der Waals surface area contributed by atoms with Gasteiger partial charge in [-0.25, -0.2) is 0 Å². The second-order valence-electron chi connectivity index (χ2n) is 3.59. The minimum Gasteiger partial charge on any atom is -0.381 e. The van der Waals surface area contributed by atoms with E-state index in [0.717, 1.165) is 12.1 Å². The maximum atomic E-state index is 11.9. The zero-order valence-electron chi connectivity index (χ0n) is 8.19. The average molecular weight is 191 g/mol. The molecule has 1 saturated heterocycles. The van der Waals surface area contributed by atoms with Crippen molar-refractivity contribution in [3.05, 3.63) is 29.6 Å². The highest BCUT2D eigenvalue weighted by Crippen LogP contribution is 2.17. The Morgan fingerprint density at radius 1 is 1.57 bits per heavy atom. The van der Waals surface area contributed by atoms with Gasteiger partial charge >= 0.3 is 0 Å². The van der Waals surface area contributed by atoms with E-state index >= 15 is 0 Å². The number of aryl methyl sites for hydroxylation is 1. The minimum atomic E-state index is 0.0179. The molecule has 2 rings (SSSR count). The Hall–Kier alpha value is -1.22. The summed E-state index contributed by atoms with van der Waals surface area (Å²) >= 11 is 0. The van der Waals surface area contributed by atoms with E-state index < -0.39 is 0 Å². The molecule has 0 aromatic carbocycles. The number of carbonyl (C=O) groups is 1. The normalized spacial score (nSPS) is 21.1. The second kappa shape index (κ2) is 3.88. The molecule has 1 aliphatic rings. The number of hydrogen-bond acceptors (Lipinski definition) is 3. The summed E-state index contributed by atoms with van der Waals surface area (Å²) in [6.45, 7) is 3.14. The lowest BCUT2D eigenvalue weighted by Crippen LogP contribution is -2.16. The molecule has 3 nitrogen and oxygen atoms in total. The fraction of sp³-hybridized carbons (Fsp3) is 0.455. The molecule has 0 spiro atoms. The predicted molar refractivity (Wildman–Crippen MR) is 52.2 cm³/mol. The average Bonchev–Trinajstić information content (AvgIpc) is 2.69. The van der Waals surface area contributed by atoms with Crippen molar-refractivity contribution in [2.75, 3.05) is 13.2 Å². The lowest BCUT2D eigenvalue weighted by atomic mass is 10.0. The van der Waals surface area contributed by atoms with Gasteiger partial charge in [0.2, 0.25) is 0 Å². The summed E-state index contributed by atoms with van der Waals surface area (Å²) in [4.78, 5) is 16.1. The van der Waals surface area contributed by atoms with Crippen molar-refractivity contribution in [2.24, 2.45) is 5.92 Å². The van der Waals surface area contributed by atoms with Gasteiger partial charge in [-0.05, 0) is 25.5 Å². The summed E-state index contributed by atoms with van der Waals surface area (Å²) in [5, 5.41) is 0. The largest absolute Gasteiger partial charge is 0.381 e. The smallest absolute Gasteiger partial charge is 0.186 e. The van der Waals surface area contributed by atoms with Gasteiger partial charge < -0.3 is 4.74 Å². The lowest BCUT2D eigenvalue weighted by molar-refractivity contribution is 0.0895. The summed E-state index contributed by atoms with van der Waals surface area (Å²) in [6.07, 6.45) is 0.828. The van der Waals surface area contributed by atoms with E-state index in [9.17, 15) is 4.79 Å². The topological polar surface area (TPSA) is 39.2 Å². The highest BCUT2D eigenvalue weighted by atomic mass is 16.5. The molecular formula is C11H13NO2. The molecule has 1 aromatic rings. The van der Waals surface area contributed by atoms with Gasteiger partial charge in [-0.15, -0.1) is 0 Å². The highest BCUT2D eigenvalue weighted by Gasteiger charge is 2.25. The Morgan fingerprint density at radius 2 is 2.43 bits per heavy atom. The Balaban J connectivity index is 2.17. The molecule has 0 amide bonds. The van der Waals surface area contributed by atoms with Crippen molar-refractivity contribution in [2.45, 2.75) is 13.3 Å². The molecule has 2 heterocycles. The number of carbonyl (C=O) groups excluding carboxylic acids is 1. The number of aromatic nitrogens is 1. The van der Waals surface area contributed by atoms with Crippen LogP contribution < -0.4 is 0 Å². The fourth-order valence-electron chi connectivity index (χ4n) is 1.63. The zero-order valence-corrected chi connectivity index (χ0v) is 8.19. The van der Waals surface area contributed by atoms with Crippen LogP contribution in [0.2, 0.25) is 0 Å². The van der Waals surface area contributed by atoms with Crippen LogP contribution in [-0.2, 0) is 4.74 Å². The van der Waals surface area contributed by atoms with Gasteiger partial charge in [-0.3, -0.25) is 9.78 Å². The lowest BCUT2D eigenvalue weighted by Gasteiger charge is -2.05. The third-order valence-electron chi connectivity index (χ3n) is 2.44. The van der Waals surface area contributed by atoms with Crippen LogP contribution in [0, 0.1) is 12.8 Å². The molecule has 74 valence electrons. The van der Waals surface area contributed by atoms with Crippen LogP contribution in [0.5, 0.6) is 0 Å². The third kappa shape index (κ3) is 1.82. The van der Waals surface area contributed by atoms with E-state index in [0.29, 0.717) is 18.9 Å². The van der Waals surface area contributed by atoms with Gasteiger partial charge in [0.05, 0.1) is 6.61 Å². The molecule has 0 radical (unpaired) electrons. The maximum Gasteiger partial charge on any atom is 0.186 e. The van der Waals surface area contributed by atoms with Crippen LogP contribution >= 0.6 is 0 Å². The number of pyridine rings is 1. The zero-order chi connectivity index (χ0) is 9.97. The van der Waals surface area contributed by atoms with Crippen molar-refractivity contribution >= 4 is 5.78 Å². The van der Waals surface area contributed by atoms with Crippen LogP contribution in [0.25, 0.3) is 0 Å². The fourth-order valence-corrected chi connectivity index (χ4v) is 1.63. The molecule has 1 unspecified atom stereocenters. The molecule has 0 bridgehead atoms. The van der Waals surface area contributed by atoms with Crippen LogP contribution in [0.4, 0.5) is 0 Å². The monoisotopic (exact) mass is 191 g/mol. The molecule has 1 aliphatic heterocycles. The molecule has 1 fully saturated rings. The maximum absolute atomic E-state index is 11.9. The van der Waals surface area contributed by atoms with Crippen LogP contribution in [0.3, 0.4) is 0 Å². The van der Waals surface area contributed by atoms with Crippen LogP contribution in [-0.4, -0.2) is 24.0 Å². The van der Waals surface area contributed by atoms with Crippen LogP contribution in [0.15, 0.2) is 18.2 Å². The first kappa shape index (κ1) is 9.34. The SMILES string of the molecule is Cc1cccc(C(=O)C2CCOC2)n1. The Bertz CT molecular complexity index is 343. The van der Waals surface area contributed by atoms with E-state index in [1.165, 1.54) is 0 Å². The first-order valence-electron chi connectivity index (χ1n) is 4.83. The number of hydrogen-bond donors (Lipinski definition) is 0. The summed E-state index contributed by atoms with van der Waals surface area (Å²) in [5.74, 6) is 0.135. The molecule has 0 saturated carbocycles. The Morgan fingerprint density at radius 3 is 3.07 bits per heavy atom. The first-order valence-corrected chi connectivity index (χ1v) is 4.83. The van der Waals surface area contributed by atoms with E-state index in [1.54, 1.807) is 6.07 Å². The highest BCUT2D eigenvalue weighted by molar-refractivity contribution is 5.96. The number of ketones is 1. The Kier molecular flexibility index (Phi) is 2.59. The number of nitrogens with zero attached hydrogens (tertiary/aromatic N) is 1. The molecule has 1 atom stereocenters.